The van der Waals surface area contributed by atoms with Crippen molar-refractivity contribution in [2.45, 2.75) is 32.6 Å². The molecule has 82 valence electrons. The molecule has 15 heavy (non-hydrogen) atoms. The first-order chi connectivity index (χ1) is 7.24. The minimum atomic E-state index is 0.198. The zero-order chi connectivity index (χ0) is 11.1. The van der Waals surface area contributed by atoms with Crippen molar-refractivity contribution in [2.75, 3.05) is 6.61 Å². The van der Waals surface area contributed by atoms with Gasteiger partial charge in [-0.1, -0.05) is 17.6 Å². The van der Waals surface area contributed by atoms with E-state index in [0.717, 1.165) is 31.4 Å². The standard InChI is InChI=1S/C13H19NO/c1-11-7-8-13(14)12(10-11)6-4-2-3-5-9-15/h7-8,12,15H,2-3,5,9-10,14H2,1H3. The summed E-state index contributed by atoms with van der Waals surface area (Å²) in [5.74, 6) is 6.52. The minimum absolute atomic E-state index is 0.198. The van der Waals surface area contributed by atoms with E-state index < -0.39 is 0 Å². The molecule has 2 nitrogen and oxygen atoms in total. The molecule has 0 heterocycles. The fourth-order valence-corrected chi connectivity index (χ4v) is 1.52. The predicted octanol–water partition coefficient (Wildman–Crippen LogP) is 1.96. The van der Waals surface area contributed by atoms with Crippen molar-refractivity contribution >= 4 is 0 Å². The van der Waals surface area contributed by atoms with Crippen molar-refractivity contribution in [3.05, 3.63) is 23.4 Å². The monoisotopic (exact) mass is 205 g/mol. The summed E-state index contributed by atoms with van der Waals surface area (Å²) in [6, 6.07) is 0. The lowest BCUT2D eigenvalue weighted by Crippen LogP contribution is -2.13. The van der Waals surface area contributed by atoms with Crippen molar-refractivity contribution in [3.63, 3.8) is 0 Å². The summed E-state index contributed by atoms with van der Waals surface area (Å²) in [6.07, 6.45) is 7.62. The lowest BCUT2D eigenvalue weighted by molar-refractivity contribution is 0.285. The highest BCUT2D eigenvalue weighted by molar-refractivity contribution is 5.29. The van der Waals surface area contributed by atoms with Gasteiger partial charge in [0.05, 0.1) is 5.92 Å². The molecule has 0 amide bonds. The van der Waals surface area contributed by atoms with E-state index in [0.29, 0.717) is 0 Å². The molecule has 0 aromatic carbocycles. The zero-order valence-electron chi connectivity index (χ0n) is 9.29. The van der Waals surface area contributed by atoms with Crippen LogP contribution in [0.25, 0.3) is 0 Å². The average molecular weight is 205 g/mol. The number of rotatable bonds is 3. The molecule has 0 bridgehead atoms. The van der Waals surface area contributed by atoms with E-state index in [2.05, 4.69) is 24.8 Å². The number of unbranched alkanes of at least 4 members (excludes halogenated alkanes) is 2. The van der Waals surface area contributed by atoms with Gasteiger partial charge in [-0.3, -0.25) is 0 Å². The summed E-state index contributed by atoms with van der Waals surface area (Å²) >= 11 is 0. The van der Waals surface area contributed by atoms with Gasteiger partial charge >= 0.3 is 0 Å². The second-order valence-corrected chi connectivity index (χ2v) is 3.94. The number of allylic oxidation sites excluding steroid dienone is 4. The first kappa shape index (κ1) is 11.9. The molecule has 0 aromatic rings. The van der Waals surface area contributed by atoms with Crippen LogP contribution in [0.1, 0.15) is 32.6 Å². The average Bonchev–Trinajstić information content (AvgIpc) is 2.23. The van der Waals surface area contributed by atoms with Crippen LogP contribution in [0.15, 0.2) is 23.4 Å². The molecular formula is C13H19NO. The molecule has 3 N–H and O–H groups in total. The molecule has 0 aromatic heterocycles. The van der Waals surface area contributed by atoms with Crippen LogP contribution >= 0.6 is 0 Å². The third-order valence-corrected chi connectivity index (χ3v) is 2.47. The summed E-state index contributed by atoms with van der Waals surface area (Å²) < 4.78 is 0. The summed E-state index contributed by atoms with van der Waals surface area (Å²) in [4.78, 5) is 0. The van der Waals surface area contributed by atoms with E-state index in [9.17, 15) is 0 Å². The molecule has 1 unspecified atom stereocenters. The maximum Gasteiger partial charge on any atom is 0.0634 e. The molecular weight excluding hydrogens is 186 g/mol. The largest absolute Gasteiger partial charge is 0.401 e. The highest BCUT2D eigenvalue weighted by atomic mass is 16.2. The fraction of sp³-hybridized carbons (Fsp3) is 0.538. The first-order valence-electron chi connectivity index (χ1n) is 5.46. The van der Waals surface area contributed by atoms with Crippen molar-refractivity contribution in [2.24, 2.45) is 11.7 Å². The third kappa shape index (κ3) is 4.22. The topological polar surface area (TPSA) is 46.2 Å². The number of hydrogen-bond donors (Lipinski definition) is 2. The van der Waals surface area contributed by atoms with Crippen molar-refractivity contribution < 1.29 is 5.11 Å². The molecule has 1 aliphatic rings. The Bertz CT molecular complexity index is 317. The SMILES string of the molecule is CC1=CC=C(N)C(C#CCCCCO)C1. The summed E-state index contributed by atoms with van der Waals surface area (Å²) in [6.45, 7) is 2.36. The molecule has 0 saturated carbocycles. The zero-order valence-corrected chi connectivity index (χ0v) is 9.29. The number of aliphatic hydroxyl groups excluding tert-OH is 1. The Morgan fingerprint density at radius 1 is 1.47 bits per heavy atom. The second kappa shape index (κ2) is 6.31. The van der Waals surface area contributed by atoms with Gasteiger partial charge in [-0.15, -0.1) is 5.92 Å². The van der Waals surface area contributed by atoms with Crippen LogP contribution in [0.2, 0.25) is 0 Å². The molecule has 1 atom stereocenters. The number of hydrogen-bond acceptors (Lipinski definition) is 2. The van der Waals surface area contributed by atoms with Gasteiger partial charge in [-0.05, 0) is 32.3 Å². The van der Waals surface area contributed by atoms with Crippen molar-refractivity contribution in [1.29, 1.82) is 0 Å². The molecule has 0 radical (unpaired) electrons. The molecule has 1 rings (SSSR count). The lowest BCUT2D eigenvalue weighted by atomic mass is 9.92. The van der Waals surface area contributed by atoms with Crippen LogP contribution < -0.4 is 5.73 Å². The Kier molecular flexibility index (Phi) is 5.00. The number of aliphatic hydroxyl groups is 1. The van der Waals surface area contributed by atoms with Crippen LogP contribution in [-0.4, -0.2) is 11.7 Å². The maximum atomic E-state index is 8.61. The Balaban J connectivity index is 2.38. The van der Waals surface area contributed by atoms with Gasteiger partial charge in [0.2, 0.25) is 0 Å². The normalized spacial score (nSPS) is 20.0. The molecule has 1 aliphatic carbocycles. The Morgan fingerprint density at radius 2 is 2.27 bits per heavy atom. The number of nitrogens with two attached hydrogens (primary N) is 1. The van der Waals surface area contributed by atoms with Crippen LogP contribution in [-0.2, 0) is 0 Å². The van der Waals surface area contributed by atoms with Gasteiger partial charge in [-0.25, -0.2) is 0 Å². The second-order valence-electron chi connectivity index (χ2n) is 3.94. The van der Waals surface area contributed by atoms with E-state index in [1.54, 1.807) is 0 Å². The molecule has 0 saturated heterocycles. The van der Waals surface area contributed by atoms with Crippen LogP contribution in [0, 0.1) is 17.8 Å². The van der Waals surface area contributed by atoms with Crippen LogP contribution in [0.4, 0.5) is 0 Å². The van der Waals surface area contributed by atoms with E-state index in [1.165, 1.54) is 5.57 Å². The highest BCUT2D eigenvalue weighted by Gasteiger charge is 2.11. The van der Waals surface area contributed by atoms with E-state index in [-0.39, 0.29) is 12.5 Å². The van der Waals surface area contributed by atoms with Gasteiger partial charge in [0.1, 0.15) is 0 Å². The van der Waals surface area contributed by atoms with E-state index in [4.69, 9.17) is 10.8 Å². The van der Waals surface area contributed by atoms with Gasteiger partial charge < -0.3 is 10.8 Å². The Labute approximate surface area is 91.9 Å². The molecule has 2 heteroatoms. The summed E-state index contributed by atoms with van der Waals surface area (Å²) in [7, 11) is 0. The van der Waals surface area contributed by atoms with Gasteiger partial charge in [0.15, 0.2) is 0 Å². The fourth-order valence-electron chi connectivity index (χ4n) is 1.52. The van der Waals surface area contributed by atoms with Crippen LogP contribution in [0.5, 0.6) is 0 Å². The third-order valence-electron chi connectivity index (χ3n) is 2.47. The maximum absolute atomic E-state index is 8.61. The molecule has 0 spiro atoms. The molecule has 0 fully saturated rings. The van der Waals surface area contributed by atoms with Gasteiger partial charge in [0, 0.05) is 18.7 Å². The lowest BCUT2D eigenvalue weighted by Gasteiger charge is -2.15. The predicted molar refractivity (Wildman–Crippen MR) is 62.8 cm³/mol. The van der Waals surface area contributed by atoms with Crippen molar-refractivity contribution in [1.82, 2.24) is 0 Å². The van der Waals surface area contributed by atoms with Gasteiger partial charge in [-0.2, -0.15) is 0 Å². The Morgan fingerprint density at radius 3 is 3.00 bits per heavy atom. The highest BCUT2D eigenvalue weighted by Crippen LogP contribution is 2.20. The van der Waals surface area contributed by atoms with E-state index >= 15 is 0 Å². The summed E-state index contributed by atoms with van der Waals surface area (Å²) in [5.41, 5.74) is 8.06. The minimum Gasteiger partial charge on any atom is -0.401 e. The van der Waals surface area contributed by atoms with Crippen LogP contribution in [0.3, 0.4) is 0 Å². The Hall–Kier alpha value is -1.20. The van der Waals surface area contributed by atoms with Gasteiger partial charge in [0.25, 0.3) is 0 Å². The van der Waals surface area contributed by atoms with Crippen molar-refractivity contribution in [3.8, 4) is 11.8 Å². The summed E-state index contributed by atoms with van der Waals surface area (Å²) in [5, 5.41) is 8.61. The molecule has 0 aliphatic heterocycles. The quantitative estimate of drug-likeness (QED) is 0.546. The van der Waals surface area contributed by atoms with E-state index in [1.807, 2.05) is 6.08 Å². The smallest absolute Gasteiger partial charge is 0.0634 e. The first-order valence-corrected chi connectivity index (χ1v) is 5.46.